The first-order chi connectivity index (χ1) is 39.4. The maximum absolute atomic E-state index is 13.2. The molecule has 0 aromatic rings. The van der Waals surface area contributed by atoms with Gasteiger partial charge in [0.15, 0.2) is 31.5 Å². The second kappa shape index (κ2) is 29.5. The van der Waals surface area contributed by atoms with E-state index in [0.717, 1.165) is 27.7 Å². The van der Waals surface area contributed by atoms with Crippen LogP contribution in [0, 0.1) is 0 Å². The molecule has 0 spiro atoms. The monoisotopic (exact) mass is 1230 g/mol. The highest BCUT2D eigenvalue weighted by molar-refractivity contribution is 5.77. The molecule has 484 valence electrons. The number of nitrogens with one attached hydrogen (secondary N) is 4. The molecular weight excluding hydrogens is 1150 g/mol. The number of rotatable bonds is 22. The van der Waals surface area contributed by atoms with Gasteiger partial charge in [0.25, 0.3) is 5.79 Å². The molecule has 6 saturated heterocycles. The van der Waals surface area contributed by atoms with Crippen molar-refractivity contribution in [3.63, 3.8) is 0 Å². The number of aliphatic hydroxyl groups is 16. The molecular formula is C47H78N4O33. The maximum Gasteiger partial charge on any atom is 0.364 e. The number of carbonyl (C=O) groups is 5. The number of ether oxygens (including phenoxy) is 11. The van der Waals surface area contributed by atoms with Crippen LogP contribution >= 0.6 is 0 Å². The van der Waals surface area contributed by atoms with E-state index in [1.165, 1.54) is 6.92 Å². The first-order valence-electron chi connectivity index (χ1n) is 26.6. The van der Waals surface area contributed by atoms with Crippen LogP contribution in [0.1, 0.15) is 41.0 Å². The zero-order valence-corrected chi connectivity index (χ0v) is 45.7. The van der Waals surface area contributed by atoms with Gasteiger partial charge in [0, 0.05) is 34.1 Å². The Kier molecular flexibility index (Phi) is 24.4. The third kappa shape index (κ3) is 15.4. The van der Waals surface area contributed by atoms with Gasteiger partial charge < -0.3 is 160 Å². The Morgan fingerprint density at radius 3 is 1.50 bits per heavy atom. The van der Waals surface area contributed by atoms with Gasteiger partial charge in [-0.15, -0.1) is 0 Å². The van der Waals surface area contributed by atoms with Crippen LogP contribution in [0.3, 0.4) is 0 Å². The van der Waals surface area contributed by atoms with E-state index in [0.29, 0.717) is 0 Å². The fourth-order valence-corrected chi connectivity index (χ4v) is 10.6. The third-order valence-corrected chi connectivity index (χ3v) is 15.0. The van der Waals surface area contributed by atoms with Crippen LogP contribution in [0.2, 0.25) is 0 Å². The zero-order valence-electron chi connectivity index (χ0n) is 45.7. The molecule has 6 fully saturated rings. The second-order valence-corrected chi connectivity index (χ2v) is 21.1. The summed E-state index contributed by atoms with van der Waals surface area (Å²) in [5.74, 6) is -8.51. The van der Waals surface area contributed by atoms with Gasteiger partial charge in [-0.05, 0) is 6.92 Å². The highest BCUT2D eigenvalue weighted by Gasteiger charge is 2.60. The molecule has 0 saturated carbocycles. The summed E-state index contributed by atoms with van der Waals surface area (Å²) in [5, 5.41) is 195. The van der Waals surface area contributed by atoms with E-state index < -0.39 is 259 Å². The van der Waals surface area contributed by atoms with Crippen LogP contribution in [0.15, 0.2) is 0 Å². The number of hydrogen-bond donors (Lipinski definition) is 21. The first-order valence-corrected chi connectivity index (χ1v) is 26.6. The van der Waals surface area contributed by atoms with Crippen molar-refractivity contribution in [2.24, 2.45) is 0 Å². The van der Waals surface area contributed by atoms with Gasteiger partial charge in [-0.3, -0.25) is 19.2 Å². The number of aliphatic carboxylic acids is 1. The summed E-state index contributed by atoms with van der Waals surface area (Å²) >= 11 is 0. The van der Waals surface area contributed by atoms with E-state index in [4.69, 9.17) is 52.1 Å². The molecule has 6 aliphatic heterocycles. The summed E-state index contributed by atoms with van der Waals surface area (Å²) in [5.41, 5.74) is 0. The van der Waals surface area contributed by atoms with Crippen LogP contribution in [0.25, 0.3) is 0 Å². The zero-order chi connectivity index (χ0) is 62.6. The third-order valence-electron chi connectivity index (χ3n) is 15.0. The number of carboxylic acid groups (broad SMARTS) is 1. The molecule has 84 heavy (non-hydrogen) atoms. The van der Waals surface area contributed by atoms with Crippen molar-refractivity contribution in [1.29, 1.82) is 0 Å². The van der Waals surface area contributed by atoms with Crippen molar-refractivity contribution < 1.29 is 163 Å². The number of hydrogen-bond acceptors (Lipinski definition) is 32. The maximum atomic E-state index is 13.2. The summed E-state index contributed by atoms with van der Waals surface area (Å²) < 4.78 is 65.1. The molecule has 0 aromatic heterocycles. The van der Waals surface area contributed by atoms with E-state index in [9.17, 15) is 111 Å². The lowest BCUT2D eigenvalue weighted by Gasteiger charge is -2.52. The molecule has 6 heterocycles. The predicted molar refractivity (Wildman–Crippen MR) is 261 cm³/mol. The van der Waals surface area contributed by atoms with Gasteiger partial charge >= 0.3 is 5.97 Å². The summed E-state index contributed by atoms with van der Waals surface area (Å²) in [6.45, 7) is -0.280. The van der Waals surface area contributed by atoms with Gasteiger partial charge in [-0.25, -0.2) is 4.79 Å². The lowest BCUT2D eigenvalue weighted by atomic mass is 9.88. The number of carbonyl (C=O) groups excluding carboxylic acids is 4. The van der Waals surface area contributed by atoms with Crippen molar-refractivity contribution in [2.75, 3.05) is 33.0 Å². The van der Waals surface area contributed by atoms with Crippen LogP contribution < -0.4 is 21.3 Å². The summed E-state index contributed by atoms with van der Waals surface area (Å²) in [6.07, 6.45) is -53.0. The summed E-state index contributed by atoms with van der Waals surface area (Å²) in [7, 11) is 0. The van der Waals surface area contributed by atoms with Crippen molar-refractivity contribution in [3.05, 3.63) is 0 Å². The van der Waals surface area contributed by atoms with Gasteiger partial charge in [0.2, 0.25) is 23.6 Å². The molecule has 0 bridgehead atoms. The molecule has 6 aliphatic rings. The quantitative estimate of drug-likeness (QED) is 0.0479. The minimum Gasteiger partial charge on any atom is -0.477 e. The van der Waals surface area contributed by atoms with Gasteiger partial charge in [-0.1, -0.05) is 0 Å². The van der Waals surface area contributed by atoms with Crippen LogP contribution in [-0.4, -0.2) is 339 Å². The van der Waals surface area contributed by atoms with Gasteiger partial charge in [-0.2, -0.15) is 0 Å². The summed E-state index contributed by atoms with van der Waals surface area (Å²) in [6, 6.07) is -7.15. The molecule has 37 heteroatoms. The topological polar surface area (TPSA) is 579 Å². The Labute approximate surface area is 476 Å². The lowest BCUT2D eigenvalue weighted by molar-refractivity contribution is -0.399. The minimum absolute atomic E-state index is 0.805. The Hall–Kier alpha value is -3.73. The Morgan fingerprint density at radius 1 is 0.500 bits per heavy atom. The molecule has 37 nitrogen and oxygen atoms in total. The highest BCUT2D eigenvalue weighted by atomic mass is 16.8. The normalized spacial score (nSPS) is 45.3. The predicted octanol–water partition coefficient (Wildman–Crippen LogP) is -13.3. The fourth-order valence-electron chi connectivity index (χ4n) is 10.6. The second-order valence-electron chi connectivity index (χ2n) is 21.1. The van der Waals surface area contributed by atoms with Crippen LogP contribution in [0.5, 0.6) is 0 Å². The molecule has 0 radical (unpaired) electrons. The largest absolute Gasteiger partial charge is 0.477 e. The van der Waals surface area contributed by atoms with Crippen molar-refractivity contribution in [2.45, 2.75) is 231 Å². The molecule has 31 atom stereocenters. The molecule has 4 amide bonds. The van der Waals surface area contributed by atoms with E-state index >= 15 is 0 Å². The average molecular weight is 1230 g/mol. The minimum atomic E-state index is -3.04. The van der Waals surface area contributed by atoms with Crippen LogP contribution in [-0.2, 0) is 76.1 Å². The molecule has 0 unspecified atom stereocenters. The van der Waals surface area contributed by atoms with E-state index in [-0.39, 0.29) is 0 Å². The smallest absolute Gasteiger partial charge is 0.364 e. The van der Waals surface area contributed by atoms with E-state index in [1.807, 2.05) is 0 Å². The number of aliphatic hydroxyl groups excluding tert-OH is 16. The van der Waals surface area contributed by atoms with Gasteiger partial charge in [0.05, 0.1) is 51.3 Å². The lowest BCUT2D eigenvalue weighted by Crippen LogP contribution is -2.72. The number of carboxylic acids is 1. The molecule has 6 rings (SSSR count). The highest BCUT2D eigenvalue weighted by Crippen LogP contribution is 2.39. The number of amides is 4. The average Bonchev–Trinajstić information content (AvgIpc) is 1.81. The van der Waals surface area contributed by atoms with Crippen molar-refractivity contribution in [1.82, 2.24) is 21.3 Å². The summed E-state index contributed by atoms with van der Waals surface area (Å²) in [4.78, 5) is 63.3. The van der Waals surface area contributed by atoms with E-state index in [2.05, 4.69) is 21.3 Å². The molecule has 0 aliphatic carbocycles. The fraction of sp³-hybridized carbons (Fsp3) is 0.894. The SMILES string of the molecule is CC(=O)N[C@@H]1[C@@H](O[C@@H]2O[C@H](CO)[C@@H](O)[C@H](O[C@@H]3O[C@H](CO)[C@H](O)[C@H](O[C@H]4O[C@H](CO)[C@H](O)[C@H](O)[C@H]4NC(C)=O)[C@H]3O[C@@H]3O[C@@H](C)[C@@H](O)[C@@H](O)[C@@H]3O)[C@H]2NC(C)=O)[C@@H](O)[C@@H](CO[C@]2(C(=O)O)C[C@H](O)[C@@H](NC(C)=O)[C@H]([C@H](O)[C@H](O)CO)O2)O[C@@H]1O. The van der Waals surface area contributed by atoms with Gasteiger partial charge in [0.1, 0.15) is 134 Å². The van der Waals surface area contributed by atoms with E-state index in [1.54, 1.807) is 0 Å². The standard InChI is InChI=1S/C47H78N4O33/c1-12-27(62)34(69)35(70)44(75-12)83-40-39(82-42-24(49-14(3)57)33(68)29(64)19(8-53)77-42)31(66)21(10-55)79-45(40)81-37-26(51-16(5)59)43(78-20(9-54)30(37)65)80-36-25(50-15(4)58)41(71)76-22(32(36)67)11-74-47(46(72)73)6-17(60)23(48-13(2)56)38(84-47)28(63)18(61)7-52/h12,17-45,52-55,60-71H,6-11H2,1-5H3,(H,48,56)(H,49,57)(H,50,58)(H,51,59)(H,72,73)/t12-,17-,18+,19+,20+,21+,22+,23+,24+,25+,26+,27+,28+,29-,30+,31-,32-,33+,34+,35-,36+,37+,38+,39-,40+,41-,42+,43-,44-,45-,47+/m0/s1. The Balaban J connectivity index is 1.38. The molecule has 21 N–H and O–H groups in total. The first kappa shape index (κ1) is 69.4. The van der Waals surface area contributed by atoms with Crippen LogP contribution in [0.4, 0.5) is 0 Å². The van der Waals surface area contributed by atoms with Crippen molar-refractivity contribution >= 4 is 29.6 Å². The Morgan fingerprint density at radius 2 is 0.952 bits per heavy atom. The molecule has 0 aromatic carbocycles. The van der Waals surface area contributed by atoms with Crippen molar-refractivity contribution in [3.8, 4) is 0 Å². The Bertz CT molecular complexity index is 2200.